The lowest BCUT2D eigenvalue weighted by atomic mass is 9.64. The van der Waals surface area contributed by atoms with Gasteiger partial charge < -0.3 is 10.6 Å². The number of halogens is 1. The Balaban J connectivity index is 0.00000176. The van der Waals surface area contributed by atoms with Gasteiger partial charge in [-0.15, -0.1) is 12.4 Å². The highest BCUT2D eigenvalue weighted by molar-refractivity contribution is 5.85. The lowest BCUT2D eigenvalue weighted by molar-refractivity contribution is -0.136. The molecule has 1 aliphatic heterocycles. The van der Waals surface area contributed by atoms with Crippen LogP contribution in [-0.2, 0) is 11.2 Å². The van der Waals surface area contributed by atoms with Crippen molar-refractivity contribution in [1.82, 2.24) is 10.6 Å². The van der Waals surface area contributed by atoms with E-state index in [0.29, 0.717) is 0 Å². The molecule has 1 aliphatic carbocycles. The number of hydrogen-bond donors (Lipinski definition) is 2. The predicted molar refractivity (Wildman–Crippen MR) is 92.3 cm³/mol. The van der Waals surface area contributed by atoms with Crippen molar-refractivity contribution < 1.29 is 4.79 Å². The van der Waals surface area contributed by atoms with Crippen LogP contribution in [0.1, 0.15) is 37.7 Å². The third-order valence-electron chi connectivity index (χ3n) is 5.18. The van der Waals surface area contributed by atoms with E-state index >= 15 is 0 Å². The van der Waals surface area contributed by atoms with E-state index in [1.54, 1.807) is 0 Å². The molecular formula is C18H27ClN2O. The molecule has 122 valence electrons. The van der Waals surface area contributed by atoms with Gasteiger partial charge in [0, 0.05) is 6.54 Å². The molecule has 22 heavy (non-hydrogen) atoms. The first kappa shape index (κ1) is 17.3. The van der Waals surface area contributed by atoms with Crippen molar-refractivity contribution in [3.63, 3.8) is 0 Å². The van der Waals surface area contributed by atoms with Crippen LogP contribution < -0.4 is 10.6 Å². The van der Waals surface area contributed by atoms with Crippen LogP contribution in [0.5, 0.6) is 0 Å². The summed E-state index contributed by atoms with van der Waals surface area (Å²) in [4.78, 5) is 12.6. The Morgan fingerprint density at radius 3 is 2.64 bits per heavy atom. The number of carbonyl (C=O) groups is 1. The number of nitrogens with one attached hydrogen (secondary N) is 2. The Morgan fingerprint density at radius 1 is 1.27 bits per heavy atom. The summed E-state index contributed by atoms with van der Waals surface area (Å²) < 4.78 is 0. The summed E-state index contributed by atoms with van der Waals surface area (Å²) in [5, 5.41) is 6.59. The fraction of sp³-hybridized carbons (Fsp3) is 0.611. The van der Waals surface area contributed by atoms with E-state index in [9.17, 15) is 4.79 Å². The molecule has 2 N–H and O–H groups in total. The number of hydrogen-bond acceptors (Lipinski definition) is 2. The third kappa shape index (κ3) is 4.02. The van der Waals surface area contributed by atoms with E-state index < -0.39 is 0 Å². The standard InChI is InChI=1S/C18H26N2O.ClH/c21-17(20-12-8-16-7-11-19-14-16)18(9-4-10-18)13-15-5-2-1-3-6-15;/h1-3,5-6,16,19H,4,7-14H2,(H,20,21);1H. The van der Waals surface area contributed by atoms with Crippen LogP contribution in [0.15, 0.2) is 30.3 Å². The van der Waals surface area contributed by atoms with Crippen LogP contribution in [0.3, 0.4) is 0 Å². The van der Waals surface area contributed by atoms with E-state index in [1.807, 2.05) is 6.07 Å². The van der Waals surface area contributed by atoms with E-state index in [1.165, 1.54) is 18.4 Å². The quantitative estimate of drug-likeness (QED) is 0.845. The summed E-state index contributed by atoms with van der Waals surface area (Å²) in [6.07, 6.45) is 6.53. The molecule has 1 aromatic carbocycles. The van der Waals surface area contributed by atoms with Gasteiger partial charge in [-0.25, -0.2) is 0 Å². The fourth-order valence-electron chi connectivity index (χ4n) is 3.61. The molecule has 1 saturated heterocycles. The van der Waals surface area contributed by atoms with Crippen molar-refractivity contribution >= 4 is 18.3 Å². The Bertz CT molecular complexity index is 467. The normalized spacial score (nSPS) is 22.5. The highest BCUT2D eigenvalue weighted by atomic mass is 35.5. The maximum atomic E-state index is 12.6. The molecule has 0 aromatic heterocycles. The zero-order chi connectivity index (χ0) is 14.5. The molecule has 1 amide bonds. The minimum Gasteiger partial charge on any atom is -0.356 e. The topological polar surface area (TPSA) is 41.1 Å². The second kappa shape index (κ2) is 7.98. The number of benzene rings is 1. The summed E-state index contributed by atoms with van der Waals surface area (Å²) >= 11 is 0. The summed E-state index contributed by atoms with van der Waals surface area (Å²) in [5.74, 6) is 1.03. The average Bonchev–Trinajstić information content (AvgIpc) is 2.97. The van der Waals surface area contributed by atoms with Crippen LogP contribution in [0.2, 0.25) is 0 Å². The Morgan fingerprint density at radius 2 is 2.05 bits per heavy atom. The van der Waals surface area contributed by atoms with Crippen molar-refractivity contribution in [2.45, 2.75) is 38.5 Å². The molecule has 4 heteroatoms. The van der Waals surface area contributed by atoms with Crippen LogP contribution in [-0.4, -0.2) is 25.5 Å². The van der Waals surface area contributed by atoms with Crippen molar-refractivity contribution in [3.05, 3.63) is 35.9 Å². The molecular weight excluding hydrogens is 296 g/mol. The zero-order valence-electron chi connectivity index (χ0n) is 13.1. The number of amides is 1. The molecule has 2 aliphatic rings. The largest absolute Gasteiger partial charge is 0.356 e. The van der Waals surface area contributed by atoms with Gasteiger partial charge in [0.1, 0.15) is 0 Å². The van der Waals surface area contributed by atoms with E-state index in [0.717, 1.165) is 51.2 Å². The van der Waals surface area contributed by atoms with Gasteiger partial charge in [0.2, 0.25) is 5.91 Å². The zero-order valence-corrected chi connectivity index (χ0v) is 14.0. The molecule has 0 bridgehead atoms. The monoisotopic (exact) mass is 322 g/mol. The second-order valence-corrected chi connectivity index (χ2v) is 6.70. The first-order valence-corrected chi connectivity index (χ1v) is 8.31. The second-order valence-electron chi connectivity index (χ2n) is 6.70. The minimum atomic E-state index is -0.130. The molecule has 1 atom stereocenters. The highest BCUT2D eigenvalue weighted by Crippen LogP contribution is 2.44. The van der Waals surface area contributed by atoms with Crippen molar-refractivity contribution in [1.29, 1.82) is 0 Å². The van der Waals surface area contributed by atoms with Gasteiger partial charge in [0.05, 0.1) is 5.41 Å². The van der Waals surface area contributed by atoms with E-state index in [2.05, 4.69) is 34.9 Å². The molecule has 0 radical (unpaired) electrons. The predicted octanol–water partition coefficient (Wildman–Crippen LogP) is 2.94. The highest BCUT2D eigenvalue weighted by Gasteiger charge is 2.43. The van der Waals surface area contributed by atoms with E-state index in [4.69, 9.17) is 0 Å². The lowest BCUT2D eigenvalue weighted by Gasteiger charge is -2.40. The SMILES string of the molecule is Cl.O=C(NCCC1CCNC1)C1(Cc2ccccc2)CCC1. The van der Waals surface area contributed by atoms with Gasteiger partial charge >= 0.3 is 0 Å². The summed E-state index contributed by atoms with van der Waals surface area (Å²) in [7, 11) is 0. The molecule has 0 spiro atoms. The van der Waals surface area contributed by atoms with Crippen molar-refractivity contribution in [3.8, 4) is 0 Å². The smallest absolute Gasteiger partial charge is 0.226 e. The summed E-state index contributed by atoms with van der Waals surface area (Å²) in [5.41, 5.74) is 1.15. The molecule has 1 aromatic rings. The van der Waals surface area contributed by atoms with Crippen LogP contribution in [0.25, 0.3) is 0 Å². The number of carbonyl (C=O) groups excluding carboxylic acids is 1. The van der Waals surface area contributed by atoms with Gasteiger partial charge in [-0.1, -0.05) is 36.8 Å². The molecule has 1 saturated carbocycles. The molecule has 3 rings (SSSR count). The van der Waals surface area contributed by atoms with Crippen LogP contribution >= 0.6 is 12.4 Å². The lowest BCUT2D eigenvalue weighted by Crippen LogP contribution is -2.47. The average molecular weight is 323 g/mol. The summed E-state index contributed by atoms with van der Waals surface area (Å²) in [6, 6.07) is 10.4. The summed E-state index contributed by atoms with van der Waals surface area (Å²) in [6.45, 7) is 3.09. The van der Waals surface area contributed by atoms with Gasteiger partial charge in [0.25, 0.3) is 0 Å². The van der Waals surface area contributed by atoms with Crippen molar-refractivity contribution in [2.24, 2.45) is 11.3 Å². The Kier molecular flexibility index (Phi) is 6.27. The van der Waals surface area contributed by atoms with Crippen LogP contribution in [0.4, 0.5) is 0 Å². The first-order valence-electron chi connectivity index (χ1n) is 8.31. The molecule has 3 nitrogen and oxygen atoms in total. The van der Waals surface area contributed by atoms with Gasteiger partial charge in [-0.2, -0.15) is 0 Å². The Labute approximate surface area is 139 Å². The van der Waals surface area contributed by atoms with E-state index in [-0.39, 0.29) is 23.7 Å². The minimum absolute atomic E-state index is 0. The van der Waals surface area contributed by atoms with Gasteiger partial charge in [-0.05, 0) is 56.7 Å². The molecule has 1 unspecified atom stereocenters. The van der Waals surface area contributed by atoms with Gasteiger partial charge in [0.15, 0.2) is 0 Å². The number of rotatable bonds is 6. The van der Waals surface area contributed by atoms with Crippen molar-refractivity contribution in [2.75, 3.05) is 19.6 Å². The van der Waals surface area contributed by atoms with Gasteiger partial charge in [-0.3, -0.25) is 4.79 Å². The Hall–Kier alpha value is -1.06. The maximum absolute atomic E-state index is 12.6. The molecule has 2 fully saturated rings. The first-order chi connectivity index (χ1) is 10.3. The maximum Gasteiger partial charge on any atom is 0.226 e. The van der Waals surface area contributed by atoms with Crippen LogP contribution in [0, 0.1) is 11.3 Å². The third-order valence-corrected chi connectivity index (χ3v) is 5.18. The fourth-order valence-corrected chi connectivity index (χ4v) is 3.61. The molecule has 1 heterocycles.